The third-order valence-electron chi connectivity index (χ3n) is 4.37. The first-order valence-electron chi connectivity index (χ1n) is 8.68. The molecular weight excluding hydrogens is 328 g/mol. The van der Waals surface area contributed by atoms with Crippen LogP contribution < -0.4 is 4.74 Å². The van der Waals surface area contributed by atoms with E-state index in [4.69, 9.17) is 9.47 Å². The molecule has 0 bridgehead atoms. The highest BCUT2D eigenvalue weighted by molar-refractivity contribution is 6.06. The predicted molar refractivity (Wildman–Crippen MR) is 103 cm³/mol. The average Bonchev–Trinajstić information content (AvgIpc) is 2.69. The summed E-state index contributed by atoms with van der Waals surface area (Å²) in [4.78, 5) is 11.4. The summed E-state index contributed by atoms with van der Waals surface area (Å²) in [5.41, 5.74) is 1.19. The Kier molecular flexibility index (Phi) is 5.54. The summed E-state index contributed by atoms with van der Waals surface area (Å²) >= 11 is 0. The van der Waals surface area contributed by atoms with Crippen molar-refractivity contribution >= 4 is 27.5 Å². The zero-order valence-electron chi connectivity index (χ0n) is 14.8. The van der Waals surface area contributed by atoms with E-state index in [9.17, 15) is 9.90 Å². The van der Waals surface area contributed by atoms with Gasteiger partial charge in [0.25, 0.3) is 0 Å². The fourth-order valence-electron chi connectivity index (χ4n) is 3.11. The molecule has 26 heavy (non-hydrogen) atoms. The molecule has 134 valence electrons. The first-order chi connectivity index (χ1) is 12.7. The fraction of sp³-hybridized carbons (Fsp3) is 0.227. The maximum absolute atomic E-state index is 11.4. The Balaban J connectivity index is 2.06. The second-order valence-corrected chi connectivity index (χ2v) is 6.05. The van der Waals surface area contributed by atoms with Crippen molar-refractivity contribution in [3.63, 3.8) is 0 Å². The molecule has 0 fully saturated rings. The van der Waals surface area contributed by atoms with Gasteiger partial charge in [-0.2, -0.15) is 0 Å². The van der Waals surface area contributed by atoms with Crippen molar-refractivity contribution in [2.75, 3.05) is 13.2 Å². The number of aliphatic hydroxyl groups is 1. The summed E-state index contributed by atoms with van der Waals surface area (Å²) in [6.07, 6.45) is 1.20. The van der Waals surface area contributed by atoms with E-state index in [1.54, 1.807) is 0 Å². The standard InChI is InChI=1S/C22H22O4/c1-3-15-9-7-10-17-12-16-8-5-6-11-19(16)22(21(15)17)25-14-18(13-23)26-20(24)4-2/h4-12,18,23H,2-3,13-14H2,1H3. The van der Waals surface area contributed by atoms with Gasteiger partial charge in [-0.25, -0.2) is 4.79 Å². The number of ether oxygens (including phenoxy) is 2. The van der Waals surface area contributed by atoms with Gasteiger partial charge in [-0.1, -0.05) is 56.0 Å². The molecule has 0 aliphatic carbocycles. The second-order valence-electron chi connectivity index (χ2n) is 6.05. The number of aliphatic hydroxyl groups excluding tert-OH is 1. The lowest BCUT2D eigenvalue weighted by Gasteiger charge is -2.19. The number of carbonyl (C=O) groups excluding carboxylic acids is 1. The van der Waals surface area contributed by atoms with Gasteiger partial charge >= 0.3 is 5.97 Å². The number of rotatable bonds is 7. The van der Waals surface area contributed by atoms with E-state index >= 15 is 0 Å². The maximum Gasteiger partial charge on any atom is 0.330 e. The van der Waals surface area contributed by atoms with Crippen molar-refractivity contribution in [3.8, 4) is 5.75 Å². The summed E-state index contributed by atoms with van der Waals surface area (Å²) in [7, 11) is 0. The van der Waals surface area contributed by atoms with Gasteiger partial charge in [-0.3, -0.25) is 0 Å². The number of aryl methyl sites for hydroxylation is 1. The van der Waals surface area contributed by atoms with Crippen molar-refractivity contribution in [1.82, 2.24) is 0 Å². The minimum Gasteiger partial charge on any atom is -0.488 e. The van der Waals surface area contributed by atoms with E-state index in [1.165, 1.54) is 5.56 Å². The summed E-state index contributed by atoms with van der Waals surface area (Å²) in [5.74, 6) is 0.174. The summed E-state index contributed by atoms with van der Waals surface area (Å²) < 4.78 is 11.2. The maximum atomic E-state index is 11.4. The Labute approximate surface area is 152 Å². The van der Waals surface area contributed by atoms with Crippen molar-refractivity contribution < 1.29 is 19.4 Å². The lowest BCUT2D eigenvalue weighted by atomic mass is 9.97. The quantitative estimate of drug-likeness (QED) is 0.397. The van der Waals surface area contributed by atoms with E-state index in [0.29, 0.717) is 0 Å². The van der Waals surface area contributed by atoms with Crippen LogP contribution in [0.25, 0.3) is 21.5 Å². The molecule has 0 heterocycles. The van der Waals surface area contributed by atoms with Crippen LogP contribution in [0.1, 0.15) is 12.5 Å². The Morgan fingerprint density at radius 2 is 1.96 bits per heavy atom. The predicted octanol–water partition coefficient (Wildman–Crippen LogP) is 4.02. The van der Waals surface area contributed by atoms with Gasteiger partial charge in [0.1, 0.15) is 12.4 Å². The number of esters is 1. The molecular formula is C22H22O4. The van der Waals surface area contributed by atoms with Gasteiger partial charge in [0.05, 0.1) is 6.61 Å². The molecule has 0 radical (unpaired) electrons. The van der Waals surface area contributed by atoms with Crippen molar-refractivity contribution in [2.45, 2.75) is 19.4 Å². The Bertz CT molecular complexity index is 945. The summed E-state index contributed by atoms with van der Waals surface area (Å²) in [5, 5.41) is 13.7. The van der Waals surface area contributed by atoms with E-state index in [1.807, 2.05) is 30.3 Å². The number of carbonyl (C=O) groups is 1. The number of benzene rings is 3. The molecule has 0 aliphatic heterocycles. The lowest BCUT2D eigenvalue weighted by Crippen LogP contribution is -2.28. The zero-order chi connectivity index (χ0) is 18.5. The van der Waals surface area contributed by atoms with Crippen molar-refractivity contribution in [1.29, 1.82) is 0 Å². The highest BCUT2D eigenvalue weighted by atomic mass is 16.6. The smallest absolute Gasteiger partial charge is 0.330 e. The molecule has 3 aromatic carbocycles. The largest absolute Gasteiger partial charge is 0.488 e. The molecule has 3 rings (SSSR count). The topological polar surface area (TPSA) is 55.8 Å². The molecule has 4 nitrogen and oxygen atoms in total. The van der Waals surface area contributed by atoms with E-state index in [2.05, 4.69) is 31.7 Å². The van der Waals surface area contributed by atoms with E-state index in [-0.39, 0.29) is 13.2 Å². The third-order valence-corrected chi connectivity index (χ3v) is 4.37. The molecule has 4 heteroatoms. The fourth-order valence-corrected chi connectivity index (χ4v) is 3.11. The number of hydrogen-bond donors (Lipinski definition) is 1. The van der Waals surface area contributed by atoms with Crippen molar-refractivity contribution in [2.24, 2.45) is 0 Å². The van der Waals surface area contributed by atoms with Crippen LogP contribution in [0.2, 0.25) is 0 Å². The van der Waals surface area contributed by atoms with E-state index < -0.39 is 12.1 Å². The molecule has 0 aliphatic rings. The van der Waals surface area contributed by atoms with Crippen LogP contribution in [0.5, 0.6) is 5.75 Å². The lowest BCUT2D eigenvalue weighted by molar-refractivity contribution is -0.146. The zero-order valence-corrected chi connectivity index (χ0v) is 14.8. The minimum atomic E-state index is -0.747. The van der Waals surface area contributed by atoms with Gasteiger partial charge in [0.15, 0.2) is 6.10 Å². The third kappa shape index (κ3) is 3.55. The Morgan fingerprint density at radius 3 is 2.69 bits per heavy atom. The first kappa shape index (κ1) is 18.0. The van der Waals surface area contributed by atoms with Crippen molar-refractivity contribution in [3.05, 3.63) is 66.7 Å². The van der Waals surface area contributed by atoms with Crippen LogP contribution in [-0.4, -0.2) is 30.4 Å². The van der Waals surface area contributed by atoms with Crippen LogP contribution >= 0.6 is 0 Å². The van der Waals surface area contributed by atoms with Crippen LogP contribution in [-0.2, 0) is 16.0 Å². The molecule has 1 atom stereocenters. The average molecular weight is 350 g/mol. The van der Waals surface area contributed by atoms with Crippen LogP contribution in [0.4, 0.5) is 0 Å². The molecule has 1 N–H and O–H groups in total. The minimum absolute atomic E-state index is 0.0667. The highest BCUT2D eigenvalue weighted by Gasteiger charge is 2.16. The Hall–Kier alpha value is -2.85. The first-order valence-corrected chi connectivity index (χ1v) is 8.68. The van der Waals surface area contributed by atoms with Gasteiger partial charge < -0.3 is 14.6 Å². The molecule has 3 aromatic rings. The molecule has 0 aromatic heterocycles. The van der Waals surface area contributed by atoms with Gasteiger partial charge in [-0.15, -0.1) is 0 Å². The molecule has 1 unspecified atom stereocenters. The number of hydrogen-bond acceptors (Lipinski definition) is 4. The molecule has 0 spiro atoms. The molecule has 0 saturated carbocycles. The molecule has 0 saturated heterocycles. The summed E-state index contributed by atoms with van der Waals surface area (Å²) in [6.45, 7) is 5.23. The Morgan fingerprint density at radius 1 is 1.19 bits per heavy atom. The highest BCUT2D eigenvalue weighted by Crippen LogP contribution is 2.37. The van der Waals surface area contributed by atoms with Crippen LogP contribution in [0.3, 0.4) is 0 Å². The molecule has 0 amide bonds. The monoisotopic (exact) mass is 350 g/mol. The SMILES string of the molecule is C=CC(=O)OC(CO)COc1c2ccccc2cc2cccc(CC)c12. The van der Waals surface area contributed by atoms with Crippen LogP contribution in [0, 0.1) is 0 Å². The number of fused-ring (bicyclic) bond motifs is 2. The van der Waals surface area contributed by atoms with Gasteiger partial charge in [0.2, 0.25) is 0 Å². The second kappa shape index (κ2) is 8.02. The van der Waals surface area contributed by atoms with E-state index in [0.717, 1.165) is 39.8 Å². The normalized spacial score (nSPS) is 12.1. The summed E-state index contributed by atoms with van der Waals surface area (Å²) in [6, 6.07) is 16.4. The van der Waals surface area contributed by atoms with Crippen LogP contribution in [0.15, 0.2) is 61.2 Å². The van der Waals surface area contributed by atoms with Gasteiger partial charge in [0, 0.05) is 16.8 Å². The van der Waals surface area contributed by atoms with Gasteiger partial charge in [-0.05, 0) is 28.8 Å².